The highest BCUT2D eigenvalue weighted by Crippen LogP contribution is 2.34. The lowest BCUT2D eigenvalue weighted by Gasteiger charge is -2.26. The summed E-state index contributed by atoms with van der Waals surface area (Å²) in [7, 11) is 2.02. The molecule has 0 bridgehead atoms. The maximum atomic E-state index is 5.65. The molecule has 0 spiro atoms. The van der Waals surface area contributed by atoms with Crippen molar-refractivity contribution in [3.05, 3.63) is 23.8 Å². The van der Waals surface area contributed by atoms with Gasteiger partial charge in [0, 0.05) is 12.1 Å². The molecule has 0 saturated carbocycles. The van der Waals surface area contributed by atoms with E-state index in [0.29, 0.717) is 25.3 Å². The van der Waals surface area contributed by atoms with Gasteiger partial charge in [-0.3, -0.25) is 0 Å². The fraction of sp³-hybridized carbons (Fsp3) is 0.571. The van der Waals surface area contributed by atoms with Gasteiger partial charge in [0.05, 0.1) is 0 Å². The quantitative estimate of drug-likeness (QED) is 0.850. The number of benzene rings is 1. The van der Waals surface area contributed by atoms with Crippen LogP contribution < -0.4 is 20.1 Å². The lowest BCUT2D eigenvalue weighted by molar-refractivity contribution is 0.171. The van der Waals surface area contributed by atoms with Crippen molar-refractivity contribution in [3.8, 4) is 11.5 Å². The predicted octanol–water partition coefficient (Wildman–Crippen LogP) is 1.47. The molecule has 2 heterocycles. The first kappa shape index (κ1) is 11.8. The molecule has 1 fully saturated rings. The Labute approximate surface area is 108 Å². The van der Waals surface area contributed by atoms with Crippen LogP contribution in [0.3, 0.4) is 0 Å². The summed E-state index contributed by atoms with van der Waals surface area (Å²) in [6.45, 7) is 2.40. The van der Waals surface area contributed by atoms with E-state index in [0.717, 1.165) is 18.0 Å². The van der Waals surface area contributed by atoms with Gasteiger partial charge in [0.15, 0.2) is 11.5 Å². The summed E-state index contributed by atoms with van der Waals surface area (Å²) in [5.74, 6) is 1.73. The highest BCUT2D eigenvalue weighted by atomic mass is 16.6. The minimum atomic E-state index is 0.336. The van der Waals surface area contributed by atoms with E-state index < -0.39 is 0 Å². The van der Waals surface area contributed by atoms with E-state index in [1.54, 1.807) is 0 Å². The van der Waals surface area contributed by atoms with E-state index >= 15 is 0 Å². The van der Waals surface area contributed by atoms with Crippen LogP contribution in [0.4, 0.5) is 0 Å². The molecule has 0 radical (unpaired) electrons. The molecule has 4 heteroatoms. The van der Waals surface area contributed by atoms with Crippen molar-refractivity contribution < 1.29 is 9.47 Å². The van der Waals surface area contributed by atoms with Crippen LogP contribution in [-0.2, 0) is 0 Å². The Morgan fingerprint density at radius 3 is 2.83 bits per heavy atom. The summed E-state index contributed by atoms with van der Waals surface area (Å²) in [6, 6.07) is 7.11. The number of ether oxygens (including phenoxy) is 2. The van der Waals surface area contributed by atoms with E-state index in [9.17, 15) is 0 Å². The highest BCUT2D eigenvalue weighted by Gasteiger charge is 2.25. The van der Waals surface area contributed by atoms with E-state index in [1.165, 1.54) is 18.4 Å². The molecule has 2 aliphatic heterocycles. The van der Waals surface area contributed by atoms with Crippen LogP contribution in [0, 0.1) is 0 Å². The summed E-state index contributed by atoms with van der Waals surface area (Å²) in [5, 5.41) is 6.96. The van der Waals surface area contributed by atoms with E-state index in [2.05, 4.69) is 22.8 Å². The largest absolute Gasteiger partial charge is 0.486 e. The molecule has 98 valence electrons. The first-order valence-electron chi connectivity index (χ1n) is 6.68. The van der Waals surface area contributed by atoms with Crippen LogP contribution in [0.2, 0.25) is 0 Å². The molecule has 2 atom stereocenters. The summed E-state index contributed by atoms with van der Waals surface area (Å²) < 4.78 is 11.2. The van der Waals surface area contributed by atoms with Crippen LogP contribution >= 0.6 is 0 Å². The fourth-order valence-electron chi connectivity index (χ4n) is 2.85. The van der Waals surface area contributed by atoms with Crippen LogP contribution in [-0.4, -0.2) is 32.8 Å². The molecule has 3 rings (SSSR count). The second kappa shape index (κ2) is 5.16. The summed E-state index contributed by atoms with van der Waals surface area (Å²) in [5.41, 5.74) is 1.26. The van der Waals surface area contributed by atoms with Gasteiger partial charge in [0.25, 0.3) is 0 Å². The average Bonchev–Trinajstić information content (AvgIpc) is 2.93. The van der Waals surface area contributed by atoms with Crippen molar-refractivity contribution in [2.45, 2.75) is 24.9 Å². The number of fused-ring (bicyclic) bond motifs is 1. The Kier molecular flexibility index (Phi) is 3.39. The minimum absolute atomic E-state index is 0.336. The van der Waals surface area contributed by atoms with Crippen LogP contribution in [0.25, 0.3) is 0 Å². The zero-order valence-electron chi connectivity index (χ0n) is 10.7. The second-order valence-corrected chi connectivity index (χ2v) is 4.87. The predicted molar refractivity (Wildman–Crippen MR) is 70.3 cm³/mol. The molecule has 0 amide bonds. The Bertz CT molecular complexity index is 416. The third kappa shape index (κ3) is 2.18. The van der Waals surface area contributed by atoms with Crippen molar-refractivity contribution in [3.63, 3.8) is 0 Å². The van der Waals surface area contributed by atoms with Gasteiger partial charge in [-0.05, 0) is 44.1 Å². The molecule has 1 aromatic rings. The Balaban J connectivity index is 1.85. The van der Waals surface area contributed by atoms with Gasteiger partial charge in [0.1, 0.15) is 13.2 Å². The molecule has 2 aliphatic rings. The van der Waals surface area contributed by atoms with E-state index in [4.69, 9.17) is 9.47 Å². The maximum Gasteiger partial charge on any atom is 0.161 e. The molecule has 0 aliphatic carbocycles. The number of likely N-dealkylation sites (N-methyl/N-ethyl adjacent to an activating group) is 1. The Hall–Kier alpha value is -1.26. The molecule has 2 unspecified atom stereocenters. The zero-order valence-corrected chi connectivity index (χ0v) is 10.7. The molecule has 1 aromatic carbocycles. The lowest BCUT2D eigenvalue weighted by atomic mass is 9.97. The van der Waals surface area contributed by atoms with Crippen LogP contribution in [0.5, 0.6) is 11.5 Å². The van der Waals surface area contributed by atoms with E-state index in [-0.39, 0.29) is 0 Å². The molecule has 4 nitrogen and oxygen atoms in total. The first-order chi connectivity index (χ1) is 8.88. The molecule has 0 aromatic heterocycles. The van der Waals surface area contributed by atoms with Gasteiger partial charge in [-0.1, -0.05) is 6.07 Å². The van der Waals surface area contributed by atoms with Gasteiger partial charge in [-0.25, -0.2) is 0 Å². The standard InChI is InChI=1S/C14H20N2O2/c1-15-14(11-3-2-6-16-11)10-4-5-12-13(9-10)18-8-7-17-12/h4-5,9,11,14-16H,2-3,6-8H2,1H3. The van der Waals surface area contributed by atoms with Gasteiger partial charge < -0.3 is 20.1 Å². The topological polar surface area (TPSA) is 42.5 Å². The number of rotatable bonds is 3. The zero-order chi connectivity index (χ0) is 12.4. The molecule has 18 heavy (non-hydrogen) atoms. The maximum absolute atomic E-state index is 5.65. The Morgan fingerprint density at radius 1 is 1.28 bits per heavy atom. The van der Waals surface area contributed by atoms with Gasteiger partial charge >= 0.3 is 0 Å². The summed E-state index contributed by atoms with van der Waals surface area (Å²) in [6.07, 6.45) is 2.48. The van der Waals surface area contributed by atoms with Crippen molar-refractivity contribution in [1.82, 2.24) is 10.6 Å². The molecule has 2 N–H and O–H groups in total. The normalized spacial score (nSPS) is 23.9. The van der Waals surface area contributed by atoms with Crippen molar-refractivity contribution in [2.24, 2.45) is 0 Å². The number of hydrogen-bond donors (Lipinski definition) is 2. The highest BCUT2D eigenvalue weighted by molar-refractivity contribution is 5.45. The number of nitrogens with one attached hydrogen (secondary N) is 2. The summed E-state index contributed by atoms with van der Waals surface area (Å²) in [4.78, 5) is 0. The first-order valence-corrected chi connectivity index (χ1v) is 6.68. The van der Waals surface area contributed by atoms with Crippen molar-refractivity contribution in [2.75, 3.05) is 26.8 Å². The lowest BCUT2D eigenvalue weighted by Crippen LogP contribution is -2.36. The smallest absolute Gasteiger partial charge is 0.161 e. The van der Waals surface area contributed by atoms with Gasteiger partial charge in [-0.15, -0.1) is 0 Å². The Morgan fingerprint density at radius 2 is 2.11 bits per heavy atom. The monoisotopic (exact) mass is 248 g/mol. The second-order valence-electron chi connectivity index (χ2n) is 4.87. The van der Waals surface area contributed by atoms with Gasteiger partial charge in [0.2, 0.25) is 0 Å². The van der Waals surface area contributed by atoms with Crippen molar-refractivity contribution in [1.29, 1.82) is 0 Å². The number of hydrogen-bond acceptors (Lipinski definition) is 4. The van der Waals surface area contributed by atoms with Gasteiger partial charge in [-0.2, -0.15) is 0 Å². The third-order valence-electron chi connectivity index (χ3n) is 3.74. The minimum Gasteiger partial charge on any atom is -0.486 e. The third-order valence-corrected chi connectivity index (χ3v) is 3.74. The van der Waals surface area contributed by atoms with Crippen LogP contribution in [0.15, 0.2) is 18.2 Å². The molecular formula is C14H20N2O2. The SMILES string of the molecule is CNC(c1ccc2c(c1)OCCO2)C1CCCN1. The molecule has 1 saturated heterocycles. The van der Waals surface area contributed by atoms with E-state index in [1.807, 2.05) is 13.1 Å². The molecular weight excluding hydrogens is 228 g/mol. The average molecular weight is 248 g/mol. The summed E-state index contributed by atoms with van der Waals surface area (Å²) >= 11 is 0. The van der Waals surface area contributed by atoms with Crippen molar-refractivity contribution >= 4 is 0 Å². The van der Waals surface area contributed by atoms with Crippen LogP contribution in [0.1, 0.15) is 24.4 Å². The fourth-order valence-corrected chi connectivity index (χ4v) is 2.85.